The second kappa shape index (κ2) is 12.5. The fraction of sp³-hybridized carbons (Fsp3) is 0.407. The number of rotatable bonds is 10. The van der Waals surface area contributed by atoms with E-state index in [2.05, 4.69) is 18.2 Å². The summed E-state index contributed by atoms with van der Waals surface area (Å²) in [6.45, 7) is 2.16. The van der Waals surface area contributed by atoms with E-state index >= 15 is 0 Å². The van der Waals surface area contributed by atoms with Crippen molar-refractivity contribution in [3.63, 3.8) is 0 Å². The molecule has 2 aromatic carbocycles. The summed E-state index contributed by atoms with van der Waals surface area (Å²) in [4.78, 5) is 28.8. The van der Waals surface area contributed by atoms with E-state index in [1.807, 2.05) is 52.8 Å². The Hall–Kier alpha value is -3.13. The molecule has 2 saturated heterocycles. The van der Waals surface area contributed by atoms with Crippen molar-refractivity contribution in [3.8, 4) is 11.5 Å². The summed E-state index contributed by atoms with van der Waals surface area (Å²) in [5, 5.41) is 2.04. The molecule has 2 aromatic rings. The number of hydrogen-bond acceptors (Lipinski definition) is 6. The highest BCUT2D eigenvalue weighted by molar-refractivity contribution is 8.02. The number of cyclic esters (lactones) is 1. The third kappa shape index (κ3) is 7.18. The Morgan fingerprint density at radius 2 is 1.80 bits per heavy atom. The van der Waals surface area contributed by atoms with Gasteiger partial charge in [-0.2, -0.15) is 0 Å². The molecule has 2 fully saturated rings. The van der Waals surface area contributed by atoms with E-state index in [0.717, 1.165) is 29.9 Å². The molecule has 0 aromatic heterocycles. The molecule has 2 heterocycles. The van der Waals surface area contributed by atoms with Crippen LogP contribution in [0.4, 0.5) is 4.79 Å². The lowest BCUT2D eigenvalue weighted by molar-refractivity contribution is -0.132. The molecule has 1 unspecified atom stereocenters. The largest absolute Gasteiger partial charge is 0.497 e. The van der Waals surface area contributed by atoms with E-state index < -0.39 is 0 Å². The maximum absolute atomic E-state index is 12.6. The normalized spacial score (nSPS) is 18.7. The smallest absolute Gasteiger partial charge is 0.410 e. The van der Waals surface area contributed by atoms with E-state index in [1.165, 1.54) is 0 Å². The Morgan fingerprint density at radius 3 is 2.51 bits per heavy atom. The third-order valence-electron chi connectivity index (χ3n) is 6.25. The van der Waals surface area contributed by atoms with Crippen molar-refractivity contribution in [3.05, 3.63) is 65.6 Å². The van der Waals surface area contributed by atoms with Crippen molar-refractivity contribution >= 4 is 29.8 Å². The molecule has 8 heteroatoms. The Labute approximate surface area is 211 Å². The number of amides is 2. The lowest BCUT2D eigenvalue weighted by atomic mass is 10.0. The number of carbonyl (C=O) groups excluding carboxylic acids is 2. The lowest BCUT2D eigenvalue weighted by Crippen LogP contribution is -2.47. The number of carbonyl (C=O) groups is 2. The summed E-state index contributed by atoms with van der Waals surface area (Å²) in [6, 6.07) is 17.5. The number of piperidine rings is 1. The topological polar surface area (TPSA) is 68.3 Å². The molecule has 186 valence electrons. The number of methoxy groups -OCH3 is 1. The maximum atomic E-state index is 12.6. The average Bonchev–Trinajstić information content (AvgIpc) is 3.28. The van der Waals surface area contributed by atoms with E-state index in [9.17, 15) is 9.59 Å². The van der Waals surface area contributed by atoms with Crippen LogP contribution in [0.25, 0.3) is 6.08 Å². The highest BCUT2D eigenvalue weighted by Crippen LogP contribution is 2.24. The van der Waals surface area contributed by atoms with Gasteiger partial charge in [0.05, 0.1) is 13.7 Å². The fourth-order valence-corrected chi connectivity index (χ4v) is 4.96. The summed E-state index contributed by atoms with van der Waals surface area (Å²) in [5.74, 6) is 2.41. The van der Waals surface area contributed by atoms with Gasteiger partial charge in [0.15, 0.2) is 6.10 Å². The van der Waals surface area contributed by atoms with Gasteiger partial charge in [0.25, 0.3) is 0 Å². The van der Waals surface area contributed by atoms with Crippen LogP contribution in [-0.2, 0) is 9.53 Å². The second-order valence-corrected chi connectivity index (χ2v) is 9.60. The van der Waals surface area contributed by atoms with Gasteiger partial charge in [-0.05, 0) is 54.2 Å². The predicted octanol–water partition coefficient (Wildman–Crippen LogP) is 4.68. The Bertz CT molecular complexity index is 990. The number of thioether (sulfide) groups is 1. The highest BCUT2D eigenvalue weighted by Gasteiger charge is 2.38. The van der Waals surface area contributed by atoms with Crippen LogP contribution in [0.1, 0.15) is 24.8 Å². The fourth-order valence-electron chi connectivity index (χ4n) is 4.28. The van der Waals surface area contributed by atoms with Crippen LogP contribution in [0.2, 0.25) is 0 Å². The third-order valence-corrected chi connectivity index (χ3v) is 7.01. The zero-order valence-electron chi connectivity index (χ0n) is 20.0. The maximum Gasteiger partial charge on any atom is 0.410 e. The molecule has 0 saturated carbocycles. The quantitative estimate of drug-likeness (QED) is 0.445. The van der Waals surface area contributed by atoms with Gasteiger partial charge < -0.3 is 24.0 Å². The van der Waals surface area contributed by atoms with Crippen LogP contribution < -0.4 is 9.47 Å². The zero-order chi connectivity index (χ0) is 24.5. The molecule has 0 radical (unpaired) electrons. The number of hydrogen-bond donors (Lipinski definition) is 0. The van der Waals surface area contributed by atoms with E-state index in [0.29, 0.717) is 38.4 Å². The zero-order valence-corrected chi connectivity index (χ0v) is 20.8. The predicted molar refractivity (Wildman–Crippen MR) is 138 cm³/mol. The first-order valence-corrected chi connectivity index (χ1v) is 13.0. The average molecular weight is 497 g/mol. The Kier molecular flexibility index (Phi) is 8.95. The van der Waals surface area contributed by atoms with Crippen molar-refractivity contribution in [2.75, 3.05) is 39.1 Å². The monoisotopic (exact) mass is 496 g/mol. The number of ether oxygens (including phenoxy) is 3. The van der Waals surface area contributed by atoms with Gasteiger partial charge in [-0.15, -0.1) is 11.8 Å². The number of likely N-dealkylation sites (tertiary alicyclic amines) is 1. The SMILES string of the molecule is COc1ccc(OCC2CN(C3CCN(C(=O)CCSC=Cc4ccccc4)CC3)C(=O)O2)cc1. The van der Waals surface area contributed by atoms with Crippen LogP contribution in [0.3, 0.4) is 0 Å². The van der Waals surface area contributed by atoms with Crippen molar-refractivity contribution in [1.82, 2.24) is 9.80 Å². The van der Waals surface area contributed by atoms with Crippen LogP contribution >= 0.6 is 11.8 Å². The minimum atomic E-state index is -0.301. The molecular formula is C27H32N2O5S. The van der Waals surface area contributed by atoms with Crippen molar-refractivity contribution in [2.24, 2.45) is 0 Å². The molecule has 2 aliphatic rings. The van der Waals surface area contributed by atoms with Gasteiger partial charge >= 0.3 is 6.09 Å². The van der Waals surface area contributed by atoms with Crippen LogP contribution in [0, 0.1) is 0 Å². The van der Waals surface area contributed by atoms with Crippen molar-refractivity contribution < 1.29 is 23.8 Å². The van der Waals surface area contributed by atoms with Gasteiger partial charge in [-0.25, -0.2) is 4.79 Å². The molecule has 35 heavy (non-hydrogen) atoms. The first-order chi connectivity index (χ1) is 17.1. The Morgan fingerprint density at radius 1 is 1.09 bits per heavy atom. The van der Waals surface area contributed by atoms with Gasteiger partial charge in [0.2, 0.25) is 5.91 Å². The molecule has 1 atom stereocenters. The molecule has 7 nitrogen and oxygen atoms in total. The second-order valence-electron chi connectivity index (χ2n) is 8.59. The van der Waals surface area contributed by atoms with E-state index in [-0.39, 0.29) is 24.1 Å². The van der Waals surface area contributed by atoms with Crippen molar-refractivity contribution in [2.45, 2.75) is 31.4 Å². The van der Waals surface area contributed by atoms with Gasteiger partial charge in [0.1, 0.15) is 18.1 Å². The molecule has 2 amide bonds. The standard InChI is InChI=1S/C27H32N2O5S/c1-32-23-7-9-24(10-8-23)33-20-25-19-29(27(31)34-25)22-11-15-28(16-12-22)26(30)14-18-35-17-13-21-5-3-2-4-6-21/h2-10,13,17,22,25H,11-12,14-16,18-20H2,1H3. The van der Waals surface area contributed by atoms with Gasteiger partial charge in [-0.3, -0.25) is 4.79 Å². The summed E-state index contributed by atoms with van der Waals surface area (Å²) >= 11 is 1.65. The molecule has 0 aliphatic carbocycles. The van der Waals surface area contributed by atoms with Crippen LogP contribution in [-0.4, -0.2) is 73.0 Å². The molecular weight excluding hydrogens is 464 g/mol. The Balaban J connectivity index is 1.14. The lowest BCUT2D eigenvalue weighted by Gasteiger charge is -2.35. The summed E-state index contributed by atoms with van der Waals surface area (Å²) in [6.07, 6.45) is 3.53. The first kappa shape index (κ1) is 25.0. The van der Waals surface area contributed by atoms with E-state index in [4.69, 9.17) is 14.2 Å². The summed E-state index contributed by atoms with van der Waals surface area (Å²) < 4.78 is 16.5. The van der Waals surface area contributed by atoms with E-state index in [1.54, 1.807) is 23.8 Å². The van der Waals surface area contributed by atoms with Crippen LogP contribution in [0.15, 0.2) is 60.0 Å². The van der Waals surface area contributed by atoms with Crippen molar-refractivity contribution in [1.29, 1.82) is 0 Å². The molecule has 0 bridgehead atoms. The molecule has 4 rings (SSSR count). The molecule has 2 aliphatic heterocycles. The van der Waals surface area contributed by atoms with Crippen LogP contribution in [0.5, 0.6) is 11.5 Å². The number of nitrogens with zero attached hydrogens (tertiary/aromatic N) is 2. The minimum absolute atomic E-state index is 0.0979. The van der Waals surface area contributed by atoms with Gasteiger partial charge in [-0.1, -0.05) is 30.3 Å². The molecule has 0 N–H and O–H groups in total. The first-order valence-electron chi connectivity index (χ1n) is 12.0. The summed E-state index contributed by atoms with van der Waals surface area (Å²) in [5.41, 5.74) is 1.16. The number of benzene rings is 2. The minimum Gasteiger partial charge on any atom is -0.497 e. The molecule has 0 spiro atoms. The van der Waals surface area contributed by atoms with Gasteiger partial charge in [0, 0.05) is 31.3 Å². The summed E-state index contributed by atoms with van der Waals surface area (Å²) in [7, 11) is 1.62. The highest BCUT2D eigenvalue weighted by atomic mass is 32.2.